The third-order valence-corrected chi connectivity index (χ3v) is 3.71. The zero-order chi connectivity index (χ0) is 18.2. The molecule has 1 heterocycles. The first-order chi connectivity index (χ1) is 12.7. The second-order valence-corrected chi connectivity index (χ2v) is 5.61. The zero-order valence-electron chi connectivity index (χ0n) is 14.2. The molecule has 2 aromatic carbocycles. The van der Waals surface area contributed by atoms with Gasteiger partial charge in [-0.15, -0.1) is 0 Å². The van der Waals surface area contributed by atoms with Crippen LogP contribution >= 0.6 is 0 Å². The van der Waals surface area contributed by atoms with Gasteiger partial charge >= 0.3 is 0 Å². The molecule has 1 N–H and O–H groups in total. The highest BCUT2D eigenvalue weighted by Gasteiger charge is 2.09. The summed E-state index contributed by atoms with van der Waals surface area (Å²) in [5.74, 6) is 0.392. The summed E-state index contributed by atoms with van der Waals surface area (Å²) in [4.78, 5) is 24.2. The molecular weight excluding hydrogens is 330 g/mol. The molecule has 6 nitrogen and oxygen atoms in total. The van der Waals surface area contributed by atoms with E-state index in [4.69, 9.17) is 4.74 Å². The molecule has 0 aliphatic heterocycles. The Bertz CT molecular complexity index is 908. The maximum Gasteiger partial charge on any atom is 0.271 e. The zero-order valence-corrected chi connectivity index (χ0v) is 14.2. The van der Waals surface area contributed by atoms with Crippen LogP contribution in [0.2, 0.25) is 0 Å². The van der Waals surface area contributed by atoms with E-state index in [9.17, 15) is 9.59 Å². The average molecular weight is 349 g/mol. The summed E-state index contributed by atoms with van der Waals surface area (Å²) in [6, 6.07) is 21.7. The van der Waals surface area contributed by atoms with Crippen molar-refractivity contribution in [3.63, 3.8) is 0 Å². The highest BCUT2D eigenvalue weighted by molar-refractivity contribution is 5.91. The number of hydrogen-bond donors (Lipinski definition) is 1. The number of carbonyl (C=O) groups excluding carboxylic acids is 1. The van der Waals surface area contributed by atoms with Crippen LogP contribution in [0, 0.1) is 0 Å². The Kier molecular flexibility index (Phi) is 5.77. The van der Waals surface area contributed by atoms with Crippen molar-refractivity contribution in [2.24, 2.45) is 0 Å². The van der Waals surface area contributed by atoms with E-state index in [1.54, 1.807) is 0 Å². The lowest BCUT2D eigenvalue weighted by Crippen LogP contribution is -2.30. The maximum absolute atomic E-state index is 12.3. The Morgan fingerprint density at radius 1 is 0.962 bits per heavy atom. The average Bonchev–Trinajstić information content (AvgIpc) is 2.69. The second-order valence-electron chi connectivity index (χ2n) is 5.61. The molecule has 26 heavy (non-hydrogen) atoms. The second kappa shape index (κ2) is 8.62. The first kappa shape index (κ1) is 17.4. The van der Waals surface area contributed by atoms with Gasteiger partial charge in [0.2, 0.25) is 0 Å². The Morgan fingerprint density at radius 3 is 2.38 bits per heavy atom. The number of nitrogens with one attached hydrogen (secondary N) is 1. The van der Waals surface area contributed by atoms with Crippen LogP contribution in [0.1, 0.15) is 16.1 Å². The number of carbonyl (C=O) groups is 1. The van der Waals surface area contributed by atoms with Gasteiger partial charge in [-0.3, -0.25) is 9.59 Å². The summed E-state index contributed by atoms with van der Waals surface area (Å²) in [6.45, 7) is 0.942. The van der Waals surface area contributed by atoms with Crippen molar-refractivity contribution >= 4 is 5.91 Å². The van der Waals surface area contributed by atoms with Gasteiger partial charge in [0.05, 0.1) is 6.54 Å². The molecule has 132 valence electrons. The van der Waals surface area contributed by atoms with Gasteiger partial charge in [0.25, 0.3) is 11.5 Å². The van der Waals surface area contributed by atoms with Crippen molar-refractivity contribution < 1.29 is 9.53 Å². The summed E-state index contributed by atoms with van der Waals surface area (Å²) in [6.07, 6.45) is 0. The van der Waals surface area contributed by atoms with E-state index in [0.717, 1.165) is 11.3 Å². The minimum Gasteiger partial charge on any atom is -0.492 e. The molecule has 0 aliphatic rings. The van der Waals surface area contributed by atoms with E-state index in [2.05, 4.69) is 10.4 Å². The predicted molar refractivity (Wildman–Crippen MR) is 98.0 cm³/mol. The van der Waals surface area contributed by atoms with Gasteiger partial charge in [-0.05, 0) is 23.8 Å². The van der Waals surface area contributed by atoms with Gasteiger partial charge in [0.15, 0.2) is 0 Å². The Balaban J connectivity index is 1.59. The Hall–Kier alpha value is -3.41. The van der Waals surface area contributed by atoms with E-state index >= 15 is 0 Å². The molecule has 0 atom stereocenters. The molecule has 0 bridgehead atoms. The number of ether oxygens (including phenoxy) is 1. The Morgan fingerprint density at radius 2 is 1.65 bits per heavy atom. The van der Waals surface area contributed by atoms with E-state index in [1.165, 1.54) is 16.8 Å². The van der Waals surface area contributed by atoms with Crippen LogP contribution in [0.3, 0.4) is 0 Å². The molecular formula is C20H19N3O3. The number of para-hydroxylation sites is 1. The van der Waals surface area contributed by atoms with Crippen molar-refractivity contribution in [1.82, 2.24) is 15.1 Å². The number of amides is 1. The summed E-state index contributed by atoms with van der Waals surface area (Å²) in [5, 5.41) is 6.92. The molecule has 1 amide bonds. The molecule has 0 fully saturated rings. The minimum absolute atomic E-state index is 0.195. The molecule has 0 spiro atoms. The predicted octanol–water partition coefficient (Wildman–Crippen LogP) is 2.25. The van der Waals surface area contributed by atoms with Crippen LogP contribution in [-0.2, 0) is 13.1 Å². The Labute approximate surface area is 151 Å². The SMILES string of the molecule is O=C(NCc1ccccc1)c1ccc(=O)n(CCOc2ccccc2)n1. The van der Waals surface area contributed by atoms with Crippen molar-refractivity contribution in [2.75, 3.05) is 6.61 Å². The summed E-state index contributed by atoms with van der Waals surface area (Å²) >= 11 is 0. The minimum atomic E-state index is -0.327. The molecule has 0 unspecified atom stereocenters. The fourth-order valence-electron chi connectivity index (χ4n) is 2.37. The summed E-state index contributed by atoms with van der Waals surface area (Å²) < 4.78 is 6.81. The lowest BCUT2D eigenvalue weighted by atomic mass is 10.2. The molecule has 3 aromatic rings. The summed E-state index contributed by atoms with van der Waals surface area (Å²) in [5.41, 5.74) is 0.909. The fraction of sp³-hybridized carbons (Fsp3) is 0.150. The molecule has 3 rings (SSSR count). The van der Waals surface area contributed by atoms with Crippen LogP contribution in [0.25, 0.3) is 0 Å². The fourth-order valence-corrected chi connectivity index (χ4v) is 2.37. The molecule has 1 aromatic heterocycles. The van der Waals surface area contributed by atoms with Crippen molar-refractivity contribution in [3.8, 4) is 5.75 Å². The number of hydrogen-bond acceptors (Lipinski definition) is 4. The van der Waals surface area contributed by atoms with Crippen LogP contribution in [0.5, 0.6) is 5.75 Å². The van der Waals surface area contributed by atoms with Gasteiger partial charge in [0, 0.05) is 12.6 Å². The normalized spacial score (nSPS) is 10.3. The first-order valence-corrected chi connectivity index (χ1v) is 8.30. The summed E-state index contributed by atoms with van der Waals surface area (Å²) in [7, 11) is 0. The van der Waals surface area contributed by atoms with Gasteiger partial charge in [-0.25, -0.2) is 4.68 Å². The van der Waals surface area contributed by atoms with Gasteiger partial charge in [0.1, 0.15) is 18.1 Å². The van der Waals surface area contributed by atoms with Gasteiger partial charge < -0.3 is 10.1 Å². The van der Waals surface area contributed by atoms with E-state index in [1.807, 2.05) is 60.7 Å². The van der Waals surface area contributed by atoms with Crippen LogP contribution in [-0.4, -0.2) is 22.3 Å². The quantitative estimate of drug-likeness (QED) is 0.710. The highest BCUT2D eigenvalue weighted by atomic mass is 16.5. The third kappa shape index (κ3) is 4.80. The maximum atomic E-state index is 12.3. The van der Waals surface area contributed by atoms with Crippen LogP contribution < -0.4 is 15.6 Å². The number of aromatic nitrogens is 2. The lowest BCUT2D eigenvalue weighted by molar-refractivity contribution is 0.0943. The molecule has 0 saturated carbocycles. The number of rotatable bonds is 7. The van der Waals surface area contributed by atoms with Gasteiger partial charge in [-0.2, -0.15) is 5.10 Å². The standard InChI is InChI=1S/C20H19N3O3/c24-19-12-11-18(20(25)21-15-16-7-3-1-4-8-16)22-23(19)13-14-26-17-9-5-2-6-10-17/h1-12H,13-15H2,(H,21,25). The highest BCUT2D eigenvalue weighted by Crippen LogP contribution is 2.07. The smallest absolute Gasteiger partial charge is 0.271 e. The molecule has 6 heteroatoms. The number of benzene rings is 2. The van der Waals surface area contributed by atoms with Crippen molar-refractivity contribution in [1.29, 1.82) is 0 Å². The topological polar surface area (TPSA) is 73.2 Å². The van der Waals surface area contributed by atoms with E-state index in [0.29, 0.717) is 6.54 Å². The van der Waals surface area contributed by atoms with E-state index in [-0.39, 0.29) is 30.3 Å². The monoisotopic (exact) mass is 349 g/mol. The molecule has 0 aliphatic carbocycles. The number of nitrogens with zero attached hydrogens (tertiary/aromatic N) is 2. The van der Waals surface area contributed by atoms with Gasteiger partial charge in [-0.1, -0.05) is 48.5 Å². The van der Waals surface area contributed by atoms with Crippen LogP contribution in [0.4, 0.5) is 0 Å². The van der Waals surface area contributed by atoms with Crippen LogP contribution in [0.15, 0.2) is 77.6 Å². The van der Waals surface area contributed by atoms with Crippen molar-refractivity contribution in [2.45, 2.75) is 13.1 Å². The lowest BCUT2D eigenvalue weighted by Gasteiger charge is -2.09. The molecule has 0 saturated heterocycles. The largest absolute Gasteiger partial charge is 0.492 e. The van der Waals surface area contributed by atoms with Crippen molar-refractivity contribution in [3.05, 3.63) is 94.4 Å². The third-order valence-electron chi connectivity index (χ3n) is 3.71. The molecule has 0 radical (unpaired) electrons. The first-order valence-electron chi connectivity index (χ1n) is 8.30. The van der Waals surface area contributed by atoms with E-state index < -0.39 is 0 Å².